The van der Waals surface area contributed by atoms with Crippen LogP contribution in [0.15, 0.2) is 108 Å². The van der Waals surface area contributed by atoms with Gasteiger partial charge in [-0.3, -0.25) is 19.3 Å². The van der Waals surface area contributed by atoms with Gasteiger partial charge in [-0.05, 0) is 54.0 Å². The van der Waals surface area contributed by atoms with Crippen molar-refractivity contribution < 1.29 is 18.3 Å². The fourth-order valence-corrected chi connectivity index (χ4v) is 7.62. The van der Waals surface area contributed by atoms with Crippen molar-refractivity contribution >= 4 is 17.7 Å². The van der Waals surface area contributed by atoms with E-state index in [1.54, 1.807) is 35.0 Å². The van der Waals surface area contributed by atoms with E-state index in [4.69, 9.17) is 4.74 Å². The molecular weight excluding hydrogens is 604 g/mol. The second-order valence-corrected chi connectivity index (χ2v) is 12.4. The molecule has 0 spiro atoms. The Balaban J connectivity index is 1.61. The van der Waals surface area contributed by atoms with Gasteiger partial charge in [0.1, 0.15) is 12.8 Å². The average Bonchev–Trinajstić information content (AvgIpc) is 3.24. The van der Waals surface area contributed by atoms with Gasteiger partial charge in [0, 0.05) is 35.5 Å². The third-order valence-electron chi connectivity index (χ3n) is 8.61. The highest BCUT2D eigenvalue weighted by Crippen LogP contribution is 2.46. The molecule has 46 heavy (non-hydrogen) atoms. The number of aryl methyl sites for hydroxylation is 1. The fourth-order valence-electron chi connectivity index (χ4n) is 6.34. The largest absolute Gasteiger partial charge is 0.482 e. The number of allylic oxidation sites excluding steroid dienone is 2. The lowest BCUT2D eigenvalue weighted by Crippen LogP contribution is -2.61. The fraction of sp³-hybridized carbons (Fsp3) is 0.243. The summed E-state index contributed by atoms with van der Waals surface area (Å²) in [5.41, 5.74) is 3.34. The molecule has 6 nitrogen and oxygen atoms in total. The van der Waals surface area contributed by atoms with Crippen LogP contribution in [0.2, 0.25) is 0 Å². The average molecular weight is 640 g/mol. The molecule has 0 aliphatic carbocycles. The van der Waals surface area contributed by atoms with Gasteiger partial charge in [-0.15, -0.1) is 24.9 Å². The van der Waals surface area contributed by atoms with Crippen molar-refractivity contribution in [3.05, 3.63) is 154 Å². The van der Waals surface area contributed by atoms with Gasteiger partial charge in [-0.2, -0.15) is 0 Å². The number of carbonyl (C=O) groups excluding carboxylic acids is 1. The zero-order valence-corrected chi connectivity index (χ0v) is 26.4. The van der Waals surface area contributed by atoms with Gasteiger partial charge in [0.2, 0.25) is 5.43 Å². The van der Waals surface area contributed by atoms with E-state index in [1.807, 2.05) is 53.5 Å². The standard InChI is InChI=1S/C37H35F2N3O3S/c1-4-6-14-25-15-11-16-27-33(26-18-19-29(38)32(39)28(26)23-46-36(25)27)42-31(17-7-5-2)40(3)37(44)34-35(30(43)20-21-41(34)42)45-22-24-12-9-8-10-13-24/h4-5,8-13,15-16,18-21,31,33H,1-2,6-7,14,17,22-23H2,3H3. The lowest BCUT2D eigenvalue weighted by molar-refractivity contribution is 0.0603. The van der Waals surface area contributed by atoms with Crippen LogP contribution in [0, 0.1) is 11.6 Å². The molecule has 2 unspecified atom stereocenters. The zero-order valence-electron chi connectivity index (χ0n) is 25.6. The van der Waals surface area contributed by atoms with E-state index in [9.17, 15) is 14.0 Å². The quantitative estimate of drug-likeness (QED) is 0.168. The Morgan fingerprint density at radius 2 is 1.74 bits per heavy atom. The minimum atomic E-state index is -0.911. The number of ether oxygens (including phenoxy) is 1. The van der Waals surface area contributed by atoms with Crippen molar-refractivity contribution in [3.8, 4) is 5.75 Å². The maximum absolute atomic E-state index is 15.7. The van der Waals surface area contributed by atoms with Crippen molar-refractivity contribution in [2.75, 3.05) is 12.1 Å². The predicted octanol–water partition coefficient (Wildman–Crippen LogP) is 7.54. The summed E-state index contributed by atoms with van der Waals surface area (Å²) >= 11 is 1.48. The SMILES string of the molecule is C=CCCc1cccc2c1SCc1c(ccc(F)c1F)C2N1C(CCC=C)N(C)C(=O)c2c(OCc3ccccc3)c(=O)ccn21. The van der Waals surface area contributed by atoms with Crippen LogP contribution in [0.4, 0.5) is 8.78 Å². The van der Waals surface area contributed by atoms with E-state index in [2.05, 4.69) is 19.2 Å². The van der Waals surface area contributed by atoms with Gasteiger partial charge < -0.3 is 9.64 Å². The number of fused-ring (bicyclic) bond motifs is 3. The number of rotatable bonds is 10. The predicted molar refractivity (Wildman–Crippen MR) is 178 cm³/mol. The lowest BCUT2D eigenvalue weighted by Gasteiger charge is -2.49. The van der Waals surface area contributed by atoms with Gasteiger partial charge in [0.25, 0.3) is 5.91 Å². The molecule has 2 aliphatic heterocycles. The highest BCUT2D eigenvalue weighted by molar-refractivity contribution is 7.98. The molecule has 4 aromatic rings. The number of halogens is 2. The molecular formula is C37H35F2N3O3S. The number of nitrogens with zero attached hydrogens (tertiary/aromatic N) is 3. The molecule has 0 radical (unpaired) electrons. The first-order chi connectivity index (χ1) is 22.3. The zero-order chi connectivity index (χ0) is 32.4. The molecule has 2 atom stereocenters. The molecule has 3 aromatic carbocycles. The Bertz CT molecular complexity index is 1860. The first-order valence-electron chi connectivity index (χ1n) is 15.3. The Morgan fingerprint density at radius 1 is 0.957 bits per heavy atom. The minimum absolute atomic E-state index is 0.0659. The van der Waals surface area contributed by atoms with Crippen LogP contribution in [0.3, 0.4) is 0 Å². The summed E-state index contributed by atoms with van der Waals surface area (Å²) in [6.45, 7) is 7.88. The van der Waals surface area contributed by atoms with Gasteiger partial charge >= 0.3 is 0 Å². The Morgan fingerprint density at radius 3 is 2.50 bits per heavy atom. The molecule has 6 rings (SSSR count). The summed E-state index contributed by atoms with van der Waals surface area (Å²) in [6.07, 6.45) is 7.29. The minimum Gasteiger partial charge on any atom is -0.482 e. The number of hydrogen-bond donors (Lipinski definition) is 0. The molecule has 9 heteroatoms. The van der Waals surface area contributed by atoms with E-state index in [0.29, 0.717) is 18.4 Å². The van der Waals surface area contributed by atoms with Crippen LogP contribution in [0.1, 0.15) is 63.6 Å². The molecule has 1 amide bonds. The summed E-state index contributed by atoms with van der Waals surface area (Å²) in [6, 6.07) is 19.0. The van der Waals surface area contributed by atoms with Crippen LogP contribution in [0.5, 0.6) is 5.75 Å². The molecule has 2 aliphatic rings. The summed E-state index contributed by atoms with van der Waals surface area (Å²) in [4.78, 5) is 30.1. The van der Waals surface area contributed by atoms with E-state index in [-0.39, 0.29) is 35.3 Å². The van der Waals surface area contributed by atoms with E-state index in [0.717, 1.165) is 40.5 Å². The molecule has 3 heterocycles. The summed E-state index contributed by atoms with van der Waals surface area (Å²) in [5, 5.41) is 2.01. The van der Waals surface area contributed by atoms with Crippen molar-refractivity contribution in [3.63, 3.8) is 0 Å². The van der Waals surface area contributed by atoms with Crippen molar-refractivity contribution in [2.45, 2.75) is 55.1 Å². The number of hydrogen-bond acceptors (Lipinski definition) is 5. The summed E-state index contributed by atoms with van der Waals surface area (Å²) < 4.78 is 38.2. The van der Waals surface area contributed by atoms with Gasteiger partial charge in [-0.25, -0.2) is 8.78 Å². The van der Waals surface area contributed by atoms with E-state index in [1.165, 1.54) is 17.8 Å². The number of benzene rings is 3. The van der Waals surface area contributed by atoms with Gasteiger partial charge in [-0.1, -0.05) is 66.7 Å². The van der Waals surface area contributed by atoms with Crippen LogP contribution in [0.25, 0.3) is 0 Å². The Labute approximate surface area is 271 Å². The Kier molecular flexibility index (Phi) is 9.12. The molecule has 0 bridgehead atoms. The summed E-state index contributed by atoms with van der Waals surface area (Å²) in [7, 11) is 1.70. The third kappa shape index (κ3) is 5.64. The van der Waals surface area contributed by atoms with Crippen LogP contribution in [-0.2, 0) is 18.8 Å². The second-order valence-electron chi connectivity index (χ2n) is 11.4. The maximum Gasteiger partial charge on any atom is 0.277 e. The van der Waals surface area contributed by atoms with Crippen LogP contribution < -0.4 is 15.2 Å². The number of carbonyl (C=O) groups is 1. The van der Waals surface area contributed by atoms with Crippen molar-refractivity contribution in [2.24, 2.45) is 0 Å². The molecule has 1 aromatic heterocycles. The first-order valence-corrected chi connectivity index (χ1v) is 16.3. The smallest absolute Gasteiger partial charge is 0.277 e. The number of thioether (sulfide) groups is 1. The monoisotopic (exact) mass is 639 g/mol. The van der Waals surface area contributed by atoms with E-state index >= 15 is 4.39 Å². The molecule has 0 N–H and O–H groups in total. The highest BCUT2D eigenvalue weighted by atomic mass is 32.2. The van der Waals surface area contributed by atoms with Crippen LogP contribution in [-0.4, -0.2) is 28.7 Å². The lowest BCUT2D eigenvalue weighted by atomic mass is 9.91. The third-order valence-corrected chi connectivity index (χ3v) is 9.83. The Hall–Kier alpha value is -4.63. The number of amides is 1. The van der Waals surface area contributed by atoms with Gasteiger partial charge in [0.15, 0.2) is 23.1 Å². The van der Waals surface area contributed by atoms with Crippen molar-refractivity contribution in [1.82, 2.24) is 9.58 Å². The topological polar surface area (TPSA) is 54.8 Å². The number of pyridine rings is 1. The highest BCUT2D eigenvalue weighted by Gasteiger charge is 2.44. The van der Waals surface area contributed by atoms with Crippen LogP contribution >= 0.6 is 11.8 Å². The molecule has 236 valence electrons. The normalized spacial score (nSPS) is 17.1. The summed E-state index contributed by atoms with van der Waals surface area (Å²) in [5.74, 6) is -2.00. The molecule has 0 fully saturated rings. The molecule has 0 saturated carbocycles. The first kappa shape index (κ1) is 31.4. The second kappa shape index (κ2) is 13.4. The van der Waals surface area contributed by atoms with Crippen molar-refractivity contribution in [1.29, 1.82) is 0 Å². The van der Waals surface area contributed by atoms with Gasteiger partial charge in [0.05, 0.1) is 6.04 Å². The maximum atomic E-state index is 15.7. The van der Waals surface area contributed by atoms with E-state index < -0.39 is 29.3 Å². The number of aromatic nitrogens is 1. The molecule has 0 saturated heterocycles.